The smallest absolute Gasteiger partial charge is 0.345 e. The van der Waals surface area contributed by atoms with Crippen LogP contribution in [0, 0.1) is 20.8 Å². The van der Waals surface area contributed by atoms with Gasteiger partial charge in [0.1, 0.15) is 5.75 Å². The number of carboxylic acid groups (broad SMARTS) is 1. The zero-order valence-electron chi connectivity index (χ0n) is 12.9. The number of aryl methyl sites for hydroxylation is 3. The largest absolute Gasteiger partial charge is 0.478 e. The normalized spacial score (nSPS) is 12.0. The first-order chi connectivity index (χ1) is 10.4. The fourth-order valence-electron chi connectivity index (χ4n) is 2.25. The van der Waals surface area contributed by atoms with E-state index in [1.54, 1.807) is 18.2 Å². The molecule has 2 aromatic carbocycles. The molecule has 0 aliphatic carbocycles. The second-order valence-corrected chi connectivity index (χ2v) is 5.90. The lowest BCUT2D eigenvalue weighted by Crippen LogP contribution is -2.29. The Morgan fingerprint density at radius 3 is 2.50 bits per heavy atom. The van der Waals surface area contributed by atoms with E-state index in [1.165, 1.54) is 0 Å². The molecule has 22 heavy (non-hydrogen) atoms. The molecular weight excluding hydrogens is 300 g/mol. The molecule has 0 bridgehead atoms. The van der Waals surface area contributed by atoms with Crippen LogP contribution in [-0.4, -0.2) is 17.2 Å². The van der Waals surface area contributed by atoms with Gasteiger partial charge in [0.2, 0.25) is 0 Å². The Bertz CT molecular complexity index is 695. The van der Waals surface area contributed by atoms with Crippen LogP contribution < -0.4 is 4.74 Å². The van der Waals surface area contributed by atoms with Gasteiger partial charge in [-0.1, -0.05) is 35.4 Å². The predicted molar refractivity (Wildman–Crippen MR) is 87.9 cm³/mol. The summed E-state index contributed by atoms with van der Waals surface area (Å²) in [5.41, 5.74) is 4.01. The van der Waals surface area contributed by atoms with E-state index in [0.29, 0.717) is 17.2 Å². The van der Waals surface area contributed by atoms with Crippen molar-refractivity contribution in [3.05, 3.63) is 63.7 Å². The first kappa shape index (κ1) is 16.4. The molecule has 1 N–H and O–H groups in total. The molecule has 3 nitrogen and oxygen atoms in total. The van der Waals surface area contributed by atoms with Crippen molar-refractivity contribution in [1.29, 1.82) is 0 Å². The maximum atomic E-state index is 11.5. The topological polar surface area (TPSA) is 46.5 Å². The first-order valence-corrected chi connectivity index (χ1v) is 7.46. The fraction of sp³-hybridized carbons (Fsp3) is 0.278. The summed E-state index contributed by atoms with van der Waals surface area (Å²) in [6.07, 6.45) is -0.606. The first-order valence-electron chi connectivity index (χ1n) is 7.08. The maximum Gasteiger partial charge on any atom is 0.345 e. The maximum absolute atomic E-state index is 11.5. The molecule has 0 fully saturated rings. The summed E-state index contributed by atoms with van der Waals surface area (Å²) in [6, 6.07) is 11.2. The number of halogens is 1. The number of aliphatic carboxylic acids is 1. The van der Waals surface area contributed by atoms with E-state index in [0.717, 1.165) is 22.3 Å². The van der Waals surface area contributed by atoms with Crippen molar-refractivity contribution < 1.29 is 14.6 Å². The van der Waals surface area contributed by atoms with E-state index in [4.69, 9.17) is 16.3 Å². The average molecular weight is 319 g/mol. The highest BCUT2D eigenvalue weighted by atomic mass is 35.5. The third kappa shape index (κ3) is 4.01. The molecule has 0 saturated carbocycles. The summed E-state index contributed by atoms with van der Waals surface area (Å²) < 4.78 is 5.65. The van der Waals surface area contributed by atoms with E-state index in [1.807, 2.05) is 39.0 Å². The zero-order valence-corrected chi connectivity index (χ0v) is 13.6. The Morgan fingerprint density at radius 1 is 1.14 bits per heavy atom. The Balaban J connectivity index is 2.21. The molecule has 2 rings (SSSR count). The Kier molecular flexibility index (Phi) is 5.09. The Labute approximate surface area is 135 Å². The van der Waals surface area contributed by atoms with Crippen molar-refractivity contribution in [3.63, 3.8) is 0 Å². The summed E-state index contributed by atoms with van der Waals surface area (Å²) in [6.45, 7) is 5.82. The van der Waals surface area contributed by atoms with Gasteiger partial charge in [0.05, 0.1) is 0 Å². The van der Waals surface area contributed by atoms with Crippen LogP contribution in [0.2, 0.25) is 5.02 Å². The number of ether oxygens (including phenoxy) is 1. The van der Waals surface area contributed by atoms with Crippen molar-refractivity contribution in [3.8, 4) is 5.75 Å². The van der Waals surface area contributed by atoms with E-state index in [9.17, 15) is 9.90 Å². The van der Waals surface area contributed by atoms with Gasteiger partial charge in [0.25, 0.3) is 0 Å². The van der Waals surface area contributed by atoms with E-state index < -0.39 is 12.1 Å². The predicted octanol–water partition coefficient (Wildman–Crippen LogP) is 4.34. The minimum absolute atomic E-state index is 0.324. The molecule has 0 heterocycles. The summed E-state index contributed by atoms with van der Waals surface area (Å²) in [5.74, 6) is -0.465. The van der Waals surface area contributed by atoms with Gasteiger partial charge in [0, 0.05) is 11.4 Å². The number of hydrogen-bond acceptors (Lipinski definition) is 2. The van der Waals surface area contributed by atoms with Gasteiger partial charge in [-0.25, -0.2) is 4.79 Å². The van der Waals surface area contributed by atoms with Crippen molar-refractivity contribution in [2.24, 2.45) is 0 Å². The second-order valence-electron chi connectivity index (χ2n) is 5.49. The fourth-order valence-corrected chi connectivity index (χ4v) is 2.37. The number of carbonyl (C=O) groups is 1. The molecule has 0 unspecified atom stereocenters. The van der Waals surface area contributed by atoms with Crippen LogP contribution in [0.25, 0.3) is 0 Å². The standard InChI is InChI=1S/C18H19ClO3/c1-11-4-5-12(2)14(8-11)10-17(18(20)21)22-15-6-7-16(19)13(3)9-15/h4-9,17H,10H2,1-3H3,(H,20,21)/t17-/m0/s1. The van der Waals surface area contributed by atoms with Crippen LogP contribution in [0.3, 0.4) is 0 Å². The number of benzene rings is 2. The van der Waals surface area contributed by atoms with Gasteiger partial charge < -0.3 is 9.84 Å². The summed E-state index contributed by atoms with van der Waals surface area (Å²) in [7, 11) is 0. The highest BCUT2D eigenvalue weighted by molar-refractivity contribution is 6.31. The van der Waals surface area contributed by atoms with Gasteiger partial charge in [-0.2, -0.15) is 0 Å². The van der Waals surface area contributed by atoms with Gasteiger partial charge >= 0.3 is 5.97 Å². The van der Waals surface area contributed by atoms with E-state index in [-0.39, 0.29) is 0 Å². The van der Waals surface area contributed by atoms with Crippen LogP contribution in [0.15, 0.2) is 36.4 Å². The third-order valence-corrected chi connectivity index (χ3v) is 4.02. The molecule has 0 amide bonds. The van der Waals surface area contributed by atoms with E-state index >= 15 is 0 Å². The second kappa shape index (κ2) is 6.84. The van der Waals surface area contributed by atoms with Gasteiger partial charge in [-0.3, -0.25) is 0 Å². The molecule has 0 spiro atoms. The Morgan fingerprint density at radius 2 is 1.86 bits per heavy atom. The van der Waals surface area contributed by atoms with Gasteiger partial charge in [0.15, 0.2) is 6.10 Å². The molecule has 0 aromatic heterocycles. The van der Waals surface area contributed by atoms with Crippen LogP contribution in [0.5, 0.6) is 5.75 Å². The van der Waals surface area contributed by atoms with Crippen molar-refractivity contribution in [1.82, 2.24) is 0 Å². The molecule has 4 heteroatoms. The lowest BCUT2D eigenvalue weighted by atomic mass is 10.00. The van der Waals surface area contributed by atoms with Gasteiger partial charge in [-0.15, -0.1) is 0 Å². The minimum atomic E-state index is -0.978. The van der Waals surface area contributed by atoms with Gasteiger partial charge in [-0.05, 0) is 55.7 Å². The monoisotopic (exact) mass is 318 g/mol. The average Bonchev–Trinajstić information content (AvgIpc) is 2.45. The summed E-state index contributed by atoms with van der Waals surface area (Å²) >= 11 is 5.98. The number of rotatable bonds is 5. The molecule has 116 valence electrons. The molecule has 0 radical (unpaired) electrons. The SMILES string of the molecule is Cc1ccc(C)c(C[C@H](Oc2ccc(Cl)c(C)c2)C(=O)O)c1. The van der Waals surface area contributed by atoms with Crippen LogP contribution in [-0.2, 0) is 11.2 Å². The van der Waals surface area contributed by atoms with E-state index in [2.05, 4.69) is 0 Å². The van der Waals surface area contributed by atoms with Crippen molar-refractivity contribution >= 4 is 17.6 Å². The highest BCUT2D eigenvalue weighted by Gasteiger charge is 2.21. The number of carboxylic acids is 1. The molecule has 2 aromatic rings. The quantitative estimate of drug-likeness (QED) is 0.892. The summed E-state index contributed by atoms with van der Waals surface area (Å²) in [4.78, 5) is 11.5. The lowest BCUT2D eigenvalue weighted by molar-refractivity contribution is -0.145. The number of hydrogen-bond donors (Lipinski definition) is 1. The van der Waals surface area contributed by atoms with Crippen LogP contribution in [0.1, 0.15) is 22.3 Å². The third-order valence-electron chi connectivity index (χ3n) is 3.59. The molecule has 0 saturated heterocycles. The Hall–Kier alpha value is -2.00. The van der Waals surface area contributed by atoms with Crippen molar-refractivity contribution in [2.75, 3.05) is 0 Å². The van der Waals surface area contributed by atoms with Crippen molar-refractivity contribution in [2.45, 2.75) is 33.3 Å². The molecular formula is C18H19ClO3. The summed E-state index contributed by atoms with van der Waals surface area (Å²) in [5, 5.41) is 10.1. The van der Waals surface area contributed by atoms with Crippen LogP contribution in [0.4, 0.5) is 0 Å². The zero-order chi connectivity index (χ0) is 16.3. The molecule has 0 aliphatic heterocycles. The highest BCUT2D eigenvalue weighted by Crippen LogP contribution is 2.23. The minimum Gasteiger partial charge on any atom is -0.478 e. The lowest BCUT2D eigenvalue weighted by Gasteiger charge is -2.17. The molecule has 0 aliphatic rings. The molecule has 1 atom stereocenters. The van der Waals surface area contributed by atoms with Crippen LogP contribution >= 0.6 is 11.6 Å².